The number of hydrogen-bond donors (Lipinski definition) is 2. The van der Waals surface area contributed by atoms with Crippen LogP contribution in [0.15, 0.2) is 18.2 Å². The second-order valence-corrected chi connectivity index (χ2v) is 4.11. The summed E-state index contributed by atoms with van der Waals surface area (Å²) < 4.78 is 5.26. The van der Waals surface area contributed by atoms with Gasteiger partial charge in [-0.15, -0.1) is 0 Å². The molecule has 1 fully saturated rings. The first kappa shape index (κ1) is 9.34. The van der Waals surface area contributed by atoms with Gasteiger partial charge in [0.25, 0.3) is 0 Å². The molecule has 1 aromatic rings. The molecule has 1 saturated carbocycles. The van der Waals surface area contributed by atoms with Crippen molar-refractivity contribution in [2.45, 2.75) is 24.8 Å². The van der Waals surface area contributed by atoms with Crippen LogP contribution in [0.3, 0.4) is 0 Å². The number of rotatable bonds is 3. The minimum atomic E-state index is 0.00106. The lowest BCUT2D eigenvalue weighted by Gasteiger charge is -2.13. The van der Waals surface area contributed by atoms with Crippen LogP contribution in [0, 0.1) is 0 Å². The van der Waals surface area contributed by atoms with Crippen LogP contribution in [-0.2, 0) is 6.42 Å². The third-order valence-electron chi connectivity index (χ3n) is 2.74. The lowest BCUT2D eigenvalue weighted by molar-refractivity contribution is 0.407. The van der Waals surface area contributed by atoms with E-state index in [-0.39, 0.29) is 5.54 Å². The van der Waals surface area contributed by atoms with Crippen LogP contribution in [-0.4, -0.2) is 12.6 Å². The van der Waals surface area contributed by atoms with Crippen LogP contribution in [0.25, 0.3) is 0 Å². The molecule has 0 spiro atoms. The van der Waals surface area contributed by atoms with Crippen molar-refractivity contribution >= 4 is 5.69 Å². The Morgan fingerprint density at radius 1 is 1.43 bits per heavy atom. The molecule has 2 rings (SSSR count). The van der Waals surface area contributed by atoms with Gasteiger partial charge < -0.3 is 16.2 Å². The number of methoxy groups -OCH3 is 1. The first-order valence-corrected chi connectivity index (χ1v) is 4.84. The highest BCUT2D eigenvalue weighted by molar-refractivity contribution is 5.48. The largest absolute Gasteiger partial charge is 0.496 e. The van der Waals surface area contributed by atoms with Crippen molar-refractivity contribution < 1.29 is 4.74 Å². The predicted molar refractivity (Wildman–Crippen MR) is 57.3 cm³/mol. The Balaban J connectivity index is 2.25. The maximum atomic E-state index is 6.06. The summed E-state index contributed by atoms with van der Waals surface area (Å²) >= 11 is 0. The van der Waals surface area contributed by atoms with Crippen LogP contribution < -0.4 is 16.2 Å². The molecule has 0 saturated heterocycles. The fraction of sp³-hybridized carbons (Fsp3) is 0.455. The van der Waals surface area contributed by atoms with Crippen LogP contribution in [0.2, 0.25) is 0 Å². The van der Waals surface area contributed by atoms with E-state index in [0.717, 1.165) is 36.3 Å². The molecule has 3 heteroatoms. The average molecular weight is 192 g/mol. The lowest BCUT2D eigenvalue weighted by atomic mass is 10.0. The van der Waals surface area contributed by atoms with Gasteiger partial charge >= 0.3 is 0 Å². The van der Waals surface area contributed by atoms with Crippen LogP contribution in [0.1, 0.15) is 18.4 Å². The van der Waals surface area contributed by atoms with Crippen molar-refractivity contribution in [2.75, 3.05) is 12.8 Å². The van der Waals surface area contributed by atoms with Crippen molar-refractivity contribution in [1.29, 1.82) is 0 Å². The van der Waals surface area contributed by atoms with Gasteiger partial charge in [-0.3, -0.25) is 0 Å². The summed E-state index contributed by atoms with van der Waals surface area (Å²) in [6, 6.07) is 5.70. The van der Waals surface area contributed by atoms with Crippen LogP contribution in [0.5, 0.6) is 5.75 Å². The zero-order valence-corrected chi connectivity index (χ0v) is 8.42. The SMILES string of the molecule is COc1ccc(N)cc1CC1(N)CC1. The van der Waals surface area contributed by atoms with Gasteiger partial charge in [0.1, 0.15) is 5.75 Å². The molecule has 0 radical (unpaired) electrons. The molecule has 3 nitrogen and oxygen atoms in total. The fourth-order valence-corrected chi connectivity index (χ4v) is 1.65. The second-order valence-electron chi connectivity index (χ2n) is 4.11. The van der Waals surface area contributed by atoms with E-state index < -0.39 is 0 Å². The molecular formula is C11H16N2O. The number of benzene rings is 1. The normalized spacial score (nSPS) is 17.9. The summed E-state index contributed by atoms with van der Waals surface area (Å²) in [4.78, 5) is 0. The molecule has 0 amide bonds. The molecule has 1 aliphatic carbocycles. The topological polar surface area (TPSA) is 61.3 Å². The fourth-order valence-electron chi connectivity index (χ4n) is 1.65. The monoisotopic (exact) mass is 192 g/mol. The summed E-state index contributed by atoms with van der Waals surface area (Å²) in [6.07, 6.45) is 3.07. The molecule has 14 heavy (non-hydrogen) atoms. The molecule has 0 aliphatic heterocycles. The van der Waals surface area contributed by atoms with Crippen LogP contribution >= 0.6 is 0 Å². The number of hydrogen-bond acceptors (Lipinski definition) is 3. The minimum Gasteiger partial charge on any atom is -0.496 e. The highest BCUT2D eigenvalue weighted by Gasteiger charge is 2.38. The highest BCUT2D eigenvalue weighted by atomic mass is 16.5. The first-order valence-electron chi connectivity index (χ1n) is 4.84. The summed E-state index contributed by atoms with van der Waals surface area (Å²) in [5.74, 6) is 0.885. The van der Waals surface area contributed by atoms with Gasteiger partial charge in [-0.25, -0.2) is 0 Å². The van der Waals surface area contributed by atoms with E-state index in [1.165, 1.54) is 0 Å². The van der Waals surface area contributed by atoms with Gasteiger partial charge in [0.15, 0.2) is 0 Å². The Kier molecular flexibility index (Phi) is 2.11. The van der Waals surface area contributed by atoms with Crippen LogP contribution in [0.4, 0.5) is 5.69 Å². The Labute approximate surface area is 84.0 Å². The van der Waals surface area contributed by atoms with Gasteiger partial charge in [0, 0.05) is 11.2 Å². The molecular weight excluding hydrogens is 176 g/mol. The van der Waals surface area contributed by atoms with E-state index in [0.29, 0.717) is 0 Å². The van der Waals surface area contributed by atoms with E-state index in [1.54, 1.807) is 7.11 Å². The van der Waals surface area contributed by atoms with Gasteiger partial charge in [0.2, 0.25) is 0 Å². The van der Waals surface area contributed by atoms with Crippen molar-refractivity contribution in [2.24, 2.45) is 5.73 Å². The van der Waals surface area contributed by atoms with E-state index >= 15 is 0 Å². The number of anilines is 1. The van der Waals surface area contributed by atoms with E-state index in [9.17, 15) is 0 Å². The molecule has 0 heterocycles. The Morgan fingerprint density at radius 3 is 2.71 bits per heavy atom. The van der Waals surface area contributed by atoms with Gasteiger partial charge in [0.05, 0.1) is 7.11 Å². The summed E-state index contributed by atoms with van der Waals surface area (Å²) in [5, 5.41) is 0. The van der Waals surface area contributed by atoms with Crippen molar-refractivity contribution in [3.63, 3.8) is 0 Å². The molecule has 4 N–H and O–H groups in total. The summed E-state index contributed by atoms with van der Waals surface area (Å²) in [6.45, 7) is 0. The lowest BCUT2D eigenvalue weighted by Crippen LogP contribution is -2.24. The summed E-state index contributed by atoms with van der Waals surface area (Å²) in [5.41, 5.74) is 13.7. The maximum Gasteiger partial charge on any atom is 0.122 e. The first-order chi connectivity index (χ1) is 6.63. The Bertz CT molecular complexity index is 345. The zero-order chi connectivity index (χ0) is 10.2. The smallest absolute Gasteiger partial charge is 0.122 e. The highest BCUT2D eigenvalue weighted by Crippen LogP contribution is 2.38. The van der Waals surface area contributed by atoms with Crippen molar-refractivity contribution in [1.82, 2.24) is 0 Å². The third-order valence-corrected chi connectivity index (χ3v) is 2.74. The minimum absolute atomic E-state index is 0.00106. The number of nitrogen functional groups attached to an aromatic ring is 1. The quantitative estimate of drug-likeness (QED) is 0.710. The van der Waals surface area contributed by atoms with E-state index in [4.69, 9.17) is 16.2 Å². The Morgan fingerprint density at radius 2 is 2.14 bits per heavy atom. The number of nitrogens with two attached hydrogens (primary N) is 2. The van der Waals surface area contributed by atoms with E-state index in [2.05, 4.69) is 0 Å². The average Bonchev–Trinajstić information content (AvgIpc) is 2.84. The van der Waals surface area contributed by atoms with Gasteiger partial charge in [-0.05, 0) is 43.0 Å². The van der Waals surface area contributed by atoms with Crippen molar-refractivity contribution in [3.8, 4) is 5.75 Å². The maximum absolute atomic E-state index is 6.06. The zero-order valence-electron chi connectivity index (χ0n) is 8.42. The molecule has 0 aromatic heterocycles. The summed E-state index contributed by atoms with van der Waals surface area (Å²) in [7, 11) is 1.67. The predicted octanol–water partition coefficient (Wildman–Crippen LogP) is 1.31. The molecule has 0 bridgehead atoms. The third kappa shape index (κ3) is 1.82. The van der Waals surface area contributed by atoms with Crippen molar-refractivity contribution in [3.05, 3.63) is 23.8 Å². The molecule has 0 unspecified atom stereocenters. The standard InChI is InChI=1S/C11H16N2O/c1-14-10-3-2-9(12)6-8(10)7-11(13)4-5-11/h2-3,6H,4-5,7,12-13H2,1H3. The van der Waals surface area contributed by atoms with E-state index in [1.807, 2.05) is 18.2 Å². The molecule has 1 aliphatic rings. The molecule has 0 atom stereocenters. The molecule has 1 aromatic carbocycles. The van der Waals surface area contributed by atoms with Gasteiger partial charge in [-0.2, -0.15) is 0 Å². The van der Waals surface area contributed by atoms with Gasteiger partial charge in [-0.1, -0.05) is 0 Å². The molecule has 76 valence electrons. The number of ether oxygens (including phenoxy) is 1. The second kappa shape index (κ2) is 3.17. The Hall–Kier alpha value is -1.22.